The molecule has 21 heavy (non-hydrogen) atoms. The van der Waals surface area contributed by atoms with Gasteiger partial charge in [0.2, 0.25) is 0 Å². The van der Waals surface area contributed by atoms with Crippen LogP contribution in [-0.4, -0.2) is 31.8 Å². The summed E-state index contributed by atoms with van der Waals surface area (Å²) in [4.78, 5) is 2.43. The number of rotatable bonds is 4. The van der Waals surface area contributed by atoms with E-state index in [0.29, 0.717) is 6.04 Å². The second-order valence-electron chi connectivity index (χ2n) is 7.18. The Balaban J connectivity index is 2.04. The Kier molecular flexibility index (Phi) is 5.28. The van der Waals surface area contributed by atoms with Gasteiger partial charge in [0.25, 0.3) is 0 Å². The molecular weight excluding hydrogens is 260 g/mol. The molecule has 0 spiro atoms. The van der Waals surface area contributed by atoms with Crippen LogP contribution in [0.3, 0.4) is 0 Å². The number of hydrogen-bond acceptors (Lipinski definition) is 3. The van der Waals surface area contributed by atoms with Crippen molar-refractivity contribution in [3.8, 4) is 0 Å². The molecule has 1 saturated heterocycles. The van der Waals surface area contributed by atoms with Crippen molar-refractivity contribution in [3.63, 3.8) is 0 Å². The van der Waals surface area contributed by atoms with Gasteiger partial charge in [0.1, 0.15) is 0 Å². The van der Waals surface area contributed by atoms with E-state index in [1.165, 1.54) is 16.8 Å². The summed E-state index contributed by atoms with van der Waals surface area (Å²) in [7, 11) is 2.21. The van der Waals surface area contributed by atoms with Crippen molar-refractivity contribution in [1.82, 2.24) is 5.32 Å². The fourth-order valence-electron chi connectivity index (χ4n) is 2.86. The van der Waals surface area contributed by atoms with Gasteiger partial charge in [0.05, 0.1) is 0 Å². The summed E-state index contributed by atoms with van der Waals surface area (Å²) >= 11 is 0. The molecule has 118 valence electrons. The lowest BCUT2D eigenvalue weighted by Gasteiger charge is -2.34. The van der Waals surface area contributed by atoms with Crippen LogP contribution in [0.15, 0.2) is 18.2 Å². The van der Waals surface area contributed by atoms with Crippen molar-refractivity contribution in [1.29, 1.82) is 0 Å². The predicted octanol–water partition coefficient (Wildman–Crippen LogP) is 3.50. The van der Waals surface area contributed by atoms with Crippen molar-refractivity contribution >= 4 is 5.69 Å². The van der Waals surface area contributed by atoms with Crippen LogP contribution >= 0.6 is 0 Å². The molecule has 2 rings (SSSR count). The van der Waals surface area contributed by atoms with Crippen LogP contribution in [0.4, 0.5) is 5.69 Å². The molecule has 0 amide bonds. The first-order valence-corrected chi connectivity index (χ1v) is 8.02. The van der Waals surface area contributed by atoms with E-state index in [1.807, 2.05) is 0 Å². The van der Waals surface area contributed by atoms with E-state index < -0.39 is 0 Å². The average molecular weight is 290 g/mol. The molecule has 1 N–H and O–H groups in total. The average Bonchev–Trinajstić information content (AvgIpc) is 2.45. The van der Waals surface area contributed by atoms with Gasteiger partial charge in [-0.2, -0.15) is 0 Å². The predicted molar refractivity (Wildman–Crippen MR) is 90.0 cm³/mol. The third-order valence-electron chi connectivity index (χ3n) is 4.20. The van der Waals surface area contributed by atoms with Gasteiger partial charge in [-0.15, -0.1) is 0 Å². The first-order chi connectivity index (χ1) is 9.87. The van der Waals surface area contributed by atoms with Crippen LogP contribution in [0, 0.1) is 6.92 Å². The van der Waals surface area contributed by atoms with E-state index in [1.54, 1.807) is 0 Å². The van der Waals surface area contributed by atoms with Crippen LogP contribution in [-0.2, 0) is 11.3 Å². The monoisotopic (exact) mass is 290 g/mol. The minimum absolute atomic E-state index is 0.158. The third kappa shape index (κ3) is 4.72. The van der Waals surface area contributed by atoms with Crippen LogP contribution in [0.1, 0.15) is 44.7 Å². The fourth-order valence-corrected chi connectivity index (χ4v) is 2.86. The van der Waals surface area contributed by atoms with Gasteiger partial charge in [-0.1, -0.05) is 12.1 Å². The van der Waals surface area contributed by atoms with E-state index in [2.05, 4.69) is 63.2 Å². The standard InChI is InChI=1S/C18H30N2O/c1-14-12-15(13-19-18(2,3)4)6-7-17(14)20(5)16-8-10-21-11-9-16/h6-7,12,16,19H,8-11,13H2,1-5H3. The normalized spacial score (nSPS) is 17.0. The molecule has 3 nitrogen and oxygen atoms in total. The Bertz CT molecular complexity index is 459. The van der Waals surface area contributed by atoms with E-state index in [9.17, 15) is 0 Å². The highest BCUT2D eigenvalue weighted by Crippen LogP contribution is 2.25. The summed E-state index contributed by atoms with van der Waals surface area (Å²) in [5.41, 5.74) is 4.22. The number of nitrogens with one attached hydrogen (secondary N) is 1. The highest BCUT2D eigenvalue weighted by atomic mass is 16.5. The Hall–Kier alpha value is -1.06. The maximum atomic E-state index is 5.46. The van der Waals surface area contributed by atoms with Gasteiger partial charge in [0.15, 0.2) is 0 Å². The highest BCUT2D eigenvalue weighted by molar-refractivity contribution is 5.54. The number of benzene rings is 1. The Morgan fingerprint density at radius 2 is 1.90 bits per heavy atom. The zero-order valence-corrected chi connectivity index (χ0v) is 14.2. The second kappa shape index (κ2) is 6.80. The molecule has 1 aromatic rings. The van der Waals surface area contributed by atoms with Gasteiger partial charge >= 0.3 is 0 Å². The molecule has 0 radical (unpaired) electrons. The number of nitrogens with zero attached hydrogens (tertiary/aromatic N) is 1. The summed E-state index contributed by atoms with van der Waals surface area (Å²) < 4.78 is 5.46. The quantitative estimate of drug-likeness (QED) is 0.918. The Morgan fingerprint density at radius 1 is 1.24 bits per heavy atom. The topological polar surface area (TPSA) is 24.5 Å². The summed E-state index contributed by atoms with van der Waals surface area (Å²) in [5, 5.41) is 3.55. The zero-order valence-electron chi connectivity index (χ0n) is 14.2. The van der Waals surface area contributed by atoms with Crippen molar-refractivity contribution in [3.05, 3.63) is 29.3 Å². The number of aryl methyl sites for hydroxylation is 1. The number of anilines is 1. The van der Waals surface area contributed by atoms with E-state index >= 15 is 0 Å². The van der Waals surface area contributed by atoms with Gasteiger partial charge in [-0.05, 0) is 57.7 Å². The lowest BCUT2D eigenvalue weighted by molar-refractivity contribution is 0.0854. The lowest BCUT2D eigenvalue weighted by atomic mass is 10.0. The Morgan fingerprint density at radius 3 is 2.48 bits per heavy atom. The molecular formula is C18H30N2O. The van der Waals surface area contributed by atoms with Crippen LogP contribution < -0.4 is 10.2 Å². The molecule has 1 aliphatic heterocycles. The van der Waals surface area contributed by atoms with Crippen LogP contribution in [0.25, 0.3) is 0 Å². The lowest BCUT2D eigenvalue weighted by Crippen LogP contribution is -2.37. The first kappa shape index (κ1) is 16.3. The molecule has 1 aromatic carbocycles. The third-order valence-corrected chi connectivity index (χ3v) is 4.20. The molecule has 1 aliphatic rings. The molecule has 0 saturated carbocycles. The molecule has 1 fully saturated rings. The largest absolute Gasteiger partial charge is 0.381 e. The van der Waals surface area contributed by atoms with E-state index in [-0.39, 0.29) is 5.54 Å². The SMILES string of the molecule is Cc1cc(CNC(C)(C)C)ccc1N(C)C1CCOCC1. The van der Waals surface area contributed by atoms with E-state index in [0.717, 1.165) is 32.6 Å². The molecule has 0 unspecified atom stereocenters. The Labute approximate surface area is 129 Å². The number of hydrogen-bond donors (Lipinski definition) is 1. The maximum Gasteiger partial charge on any atom is 0.0485 e. The molecule has 3 heteroatoms. The first-order valence-electron chi connectivity index (χ1n) is 8.02. The minimum atomic E-state index is 0.158. The van der Waals surface area contributed by atoms with Crippen molar-refractivity contribution in [2.45, 2.75) is 58.7 Å². The van der Waals surface area contributed by atoms with Gasteiger partial charge in [-0.25, -0.2) is 0 Å². The van der Waals surface area contributed by atoms with Crippen molar-refractivity contribution < 1.29 is 4.74 Å². The molecule has 1 heterocycles. The second-order valence-corrected chi connectivity index (χ2v) is 7.18. The fraction of sp³-hybridized carbons (Fsp3) is 0.667. The van der Waals surface area contributed by atoms with E-state index in [4.69, 9.17) is 4.74 Å². The summed E-state index contributed by atoms with van der Waals surface area (Å²) in [6.07, 6.45) is 2.26. The molecule has 0 bridgehead atoms. The van der Waals surface area contributed by atoms with Gasteiger partial charge < -0.3 is 15.0 Å². The molecule has 0 aliphatic carbocycles. The molecule has 0 aromatic heterocycles. The number of ether oxygens (including phenoxy) is 1. The van der Waals surface area contributed by atoms with Gasteiger partial charge in [-0.3, -0.25) is 0 Å². The van der Waals surface area contributed by atoms with Crippen LogP contribution in [0.5, 0.6) is 0 Å². The smallest absolute Gasteiger partial charge is 0.0485 e. The minimum Gasteiger partial charge on any atom is -0.381 e. The molecule has 0 atom stereocenters. The van der Waals surface area contributed by atoms with Crippen molar-refractivity contribution in [2.75, 3.05) is 25.2 Å². The maximum absolute atomic E-state index is 5.46. The highest BCUT2D eigenvalue weighted by Gasteiger charge is 2.20. The zero-order chi connectivity index (χ0) is 15.5. The van der Waals surface area contributed by atoms with Gasteiger partial charge in [0, 0.05) is 44.1 Å². The van der Waals surface area contributed by atoms with Crippen molar-refractivity contribution in [2.24, 2.45) is 0 Å². The van der Waals surface area contributed by atoms with Crippen LogP contribution in [0.2, 0.25) is 0 Å². The summed E-state index contributed by atoms with van der Waals surface area (Å²) in [5.74, 6) is 0. The summed E-state index contributed by atoms with van der Waals surface area (Å²) in [6.45, 7) is 11.5. The summed E-state index contributed by atoms with van der Waals surface area (Å²) in [6, 6.07) is 7.43.